The Labute approximate surface area is 87.2 Å². The fourth-order valence-electron chi connectivity index (χ4n) is 0.571. The average molecular weight is 220 g/mol. The molecule has 0 aliphatic heterocycles. The van der Waals surface area contributed by atoms with Gasteiger partial charge in [-0.25, -0.2) is 9.59 Å². The lowest BCUT2D eigenvalue weighted by Gasteiger charge is -2.05. The molecule has 0 aliphatic carbocycles. The molecule has 0 bridgehead atoms. The van der Waals surface area contributed by atoms with Crippen molar-refractivity contribution in [2.75, 3.05) is 26.2 Å². The maximum atomic E-state index is 10.9. The van der Waals surface area contributed by atoms with Crippen LogP contribution in [0.4, 0.5) is 0 Å². The average Bonchev–Trinajstić information content (AvgIpc) is 2.18. The van der Waals surface area contributed by atoms with E-state index in [0.29, 0.717) is 26.2 Å². The molecule has 0 radical (unpaired) electrons. The monoisotopic (exact) mass is 220 g/mol. The van der Waals surface area contributed by atoms with Gasteiger partial charge in [0.1, 0.15) is 6.42 Å². The Morgan fingerprint density at radius 3 is 1.67 bits per heavy atom. The number of hydrogen-bond donors (Lipinski definition) is 4. The molecule has 0 unspecified atom stereocenters. The number of carbonyl (C=O) groups excluding carboxylic acids is 2. The number of nitrogens with two attached hydrogens (primary N) is 2. The van der Waals surface area contributed by atoms with Gasteiger partial charge in [-0.3, -0.25) is 0 Å². The van der Waals surface area contributed by atoms with Crippen molar-refractivity contribution in [2.45, 2.75) is 6.42 Å². The van der Waals surface area contributed by atoms with Crippen LogP contribution < -0.4 is 22.4 Å². The van der Waals surface area contributed by atoms with Gasteiger partial charge in [-0.1, -0.05) is 0 Å². The maximum absolute atomic E-state index is 10.9. The minimum absolute atomic E-state index is 0.326. The van der Waals surface area contributed by atoms with Crippen LogP contribution in [-0.4, -0.2) is 38.1 Å². The maximum Gasteiger partial charge on any atom is 0.335 e. The summed E-state index contributed by atoms with van der Waals surface area (Å²) >= 11 is 0. The first-order chi connectivity index (χ1) is 7.20. The first-order valence-corrected chi connectivity index (χ1v) is 4.46. The zero-order valence-electron chi connectivity index (χ0n) is 8.32. The highest BCUT2D eigenvalue weighted by atomic mass is 16.7. The van der Waals surface area contributed by atoms with E-state index in [1.54, 1.807) is 0 Å². The Morgan fingerprint density at radius 2 is 1.33 bits per heavy atom. The number of rotatable bonds is 8. The van der Waals surface area contributed by atoms with Crippen LogP contribution in [0.1, 0.15) is 6.42 Å². The van der Waals surface area contributed by atoms with Crippen LogP contribution in [0, 0.1) is 0 Å². The molecule has 0 saturated carbocycles. The molecule has 8 heteroatoms. The molecule has 0 saturated heterocycles. The van der Waals surface area contributed by atoms with Crippen LogP contribution >= 0.6 is 0 Å². The van der Waals surface area contributed by atoms with Crippen LogP contribution in [0.2, 0.25) is 0 Å². The molecule has 6 N–H and O–H groups in total. The Kier molecular flexibility index (Phi) is 8.58. The van der Waals surface area contributed by atoms with Crippen LogP contribution in [-0.2, 0) is 19.3 Å². The van der Waals surface area contributed by atoms with Crippen molar-refractivity contribution in [3.05, 3.63) is 0 Å². The molecule has 0 aromatic rings. The SMILES string of the molecule is NCCNOC(=O)CC(=O)ONCCN. The molecule has 0 aromatic carbocycles. The lowest BCUT2D eigenvalue weighted by molar-refractivity contribution is -0.162. The third kappa shape index (κ3) is 9.09. The molecule has 0 amide bonds. The molecule has 0 aliphatic rings. The highest BCUT2D eigenvalue weighted by molar-refractivity contribution is 5.90. The van der Waals surface area contributed by atoms with E-state index < -0.39 is 18.4 Å². The molecular weight excluding hydrogens is 204 g/mol. The van der Waals surface area contributed by atoms with Crippen LogP contribution in [0.5, 0.6) is 0 Å². The van der Waals surface area contributed by atoms with Gasteiger partial charge in [-0.05, 0) is 0 Å². The summed E-state index contributed by atoms with van der Waals surface area (Å²) < 4.78 is 0. The van der Waals surface area contributed by atoms with Gasteiger partial charge in [0.25, 0.3) is 0 Å². The predicted molar refractivity (Wildman–Crippen MR) is 50.9 cm³/mol. The molecule has 0 heterocycles. The van der Waals surface area contributed by atoms with Gasteiger partial charge < -0.3 is 21.1 Å². The molecule has 0 atom stereocenters. The van der Waals surface area contributed by atoms with E-state index >= 15 is 0 Å². The topological polar surface area (TPSA) is 129 Å². The zero-order chi connectivity index (χ0) is 11.5. The summed E-state index contributed by atoms with van der Waals surface area (Å²) in [5, 5.41) is 0. The van der Waals surface area contributed by atoms with Crippen molar-refractivity contribution in [3.63, 3.8) is 0 Å². The van der Waals surface area contributed by atoms with Crippen molar-refractivity contribution < 1.29 is 19.3 Å². The molecular formula is C7H16N4O4. The van der Waals surface area contributed by atoms with E-state index in [1.165, 1.54) is 0 Å². The fourth-order valence-corrected chi connectivity index (χ4v) is 0.571. The van der Waals surface area contributed by atoms with E-state index in [9.17, 15) is 9.59 Å². The van der Waals surface area contributed by atoms with Crippen molar-refractivity contribution in [1.29, 1.82) is 0 Å². The number of hydrogen-bond acceptors (Lipinski definition) is 8. The second kappa shape index (κ2) is 9.34. The van der Waals surface area contributed by atoms with E-state index in [1.807, 2.05) is 0 Å². The second-order valence-corrected chi connectivity index (χ2v) is 2.49. The summed E-state index contributed by atoms with van der Waals surface area (Å²) in [6.45, 7) is 1.31. The Morgan fingerprint density at radius 1 is 0.933 bits per heavy atom. The highest BCUT2D eigenvalue weighted by Crippen LogP contribution is 1.86. The van der Waals surface area contributed by atoms with Crippen LogP contribution in [0.3, 0.4) is 0 Å². The molecule has 15 heavy (non-hydrogen) atoms. The van der Waals surface area contributed by atoms with E-state index in [-0.39, 0.29) is 0 Å². The molecule has 0 fully saturated rings. The van der Waals surface area contributed by atoms with Crippen molar-refractivity contribution in [3.8, 4) is 0 Å². The lowest BCUT2D eigenvalue weighted by atomic mass is 10.4. The molecule has 8 nitrogen and oxygen atoms in total. The first kappa shape index (κ1) is 13.8. The summed E-state index contributed by atoms with van der Waals surface area (Å²) in [4.78, 5) is 30.6. The summed E-state index contributed by atoms with van der Waals surface area (Å²) in [6.07, 6.45) is -0.477. The summed E-state index contributed by atoms with van der Waals surface area (Å²) in [6, 6.07) is 0. The number of carbonyl (C=O) groups is 2. The first-order valence-electron chi connectivity index (χ1n) is 4.46. The van der Waals surface area contributed by atoms with E-state index in [2.05, 4.69) is 20.6 Å². The normalized spacial score (nSPS) is 9.73. The molecule has 0 aromatic heterocycles. The zero-order valence-corrected chi connectivity index (χ0v) is 8.32. The van der Waals surface area contributed by atoms with Gasteiger partial charge in [0.2, 0.25) is 0 Å². The number of nitrogens with one attached hydrogen (secondary N) is 2. The Bertz CT molecular complexity index is 179. The van der Waals surface area contributed by atoms with Crippen molar-refractivity contribution in [1.82, 2.24) is 11.0 Å². The fraction of sp³-hybridized carbons (Fsp3) is 0.714. The Hall–Kier alpha value is -1.22. The summed E-state index contributed by atoms with van der Waals surface area (Å²) in [7, 11) is 0. The van der Waals surface area contributed by atoms with Crippen LogP contribution in [0.25, 0.3) is 0 Å². The molecule has 0 spiro atoms. The quantitative estimate of drug-likeness (QED) is 0.199. The lowest BCUT2D eigenvalue weighted by Crippen LogP contribution is -2.30. The van der Waals surface area contributed by atoms with Gasteiger partial charge >= 0.3 is 11.9 Å². The third-order valence-electron chi connectivity index (χ3n) is 1.15. The van der Waals surface area contributed by atoms with Gasteiger partial charge in [0.15, 0.2) is 0 Å². The second-order valence-electron chi connectivity index (χ2n) is 2.49. The van der Waals surface area contributed by atoms with E-state index in [0.717, 1.165) is 0 Å². The smallest absolute Gasteiger partial charge is 0.335 e. The van der Waals surface area contributed by atoms with Gasteiger partial charge in [-0.2, -0.15) is 11.0 Å². The standard InChI is InChI=1S/C7H16N4O4/c8-1-3-10-14-6(12)5-7(13)15-11-4-2-9/h10-11H,1-5,8-9H2. The highest BCUT2D eigenvalue weighted by Gasteiger charge is 2.11. The predicted octanol–water partition coefficient (Wildman–Crippen LogP) is -2.61. The van der Waals surface area contributed by atoms with E-state index in [4.69, 9.17) is 11.5 Å². The minimum Gasteiger partial charge on any atom is -0.370 e. The van der Waals surface area contributed by atoms with Gasteiger partial charge in [-0.15, -0.1) is 0 Å². The third-order valence-corrected chi connectivity index (χ3v) is 1.15. The molecule has 88 valence electrons. The van der Waals surface area contributed by atoms with Crippen molar-refractivity contribution >= 4 is 11.9 Å². The minimum atomic E-state index is -0.733. The van der Waals surface area contributed by atoms with Crippen LogP contribution in [0.15, 0.2) is 0 Å². The largest absolute Gasteiger partial charge is 0.370 e. The number of hydroxylamine groups is 2. The van der Waals surface area contributed by atoms with Gasteiger partial charge in [0.05, 0.1) is 0 Å². The molecule has 0 rings (SSSR count). The summed E-state index contributed by atoms with van der Waals surface area (Å²) in [5.41, 5.74) is 14.8. The summed E-state index contributed by atoms with van der Waals surface area (Å²) in [5.74, 6) is -1.47. The van der Waals surface area contributed by atoms with Crippen molar-refractivity contribution in [2.24, 2.45) is 11.5 Å². The van der Waals surface area contributed by atoms with Gasteiger partial charge in [0, 0.05) is 26.2 Å². The Balaban J connectivity index is 3.45.